The molecule has 0 radical (unpaired) electrons. The summed E-state index contributed by atoms with van der Waals surface area (Å²) in [5.74, 6) is 0.705. The molecule has 0 saturated carbocycles. The number of carbonyl (C=O) groups is 2. The number of carbonyl (C=O) groups excluding carboxylic acids is 2. The fourth-order valence-electron chi connectivity index (χ4n) is 3.49. The van der Waals surface area contributed by atoms with E-state index < -0.39 is 5.54 Å². The molecular weight excluding hydrogens is 352 g/mol. The third kappa shape index (κ3) is 4.53. The summed E-state index contributed by atoms with van der Waals surface area (Å²) in [6.07, 6.45) is 1.03. The van der Waals surface area contributed by atoms with Crippen molar-refractivity contribution >= 4 is 11.8 Å². The van der Waals surface area contributed by atoms with Crippen LogP contribution in [-0.2, 0) is 22.7 Å². The molecule has 0 aromatic heterocycles. The lowest BCUT2D eigenvalue weighted by atomic mass is 9.97. The minimum absolute atomic E-state index is 0.0138. The second-order valence-electron chi connectivity index (χ2n) is 7.73. The van der Waals surface area contributed by atoms with E-state index >= 15 is 0 Å². The van der Waals surface area contributed by atoms with E-state index in [9.17, 15) is 9.59 Å². The Morgan fingerprint density at radius 2 is 1.79 bits per heavy atom. The van der Waals surface area contributed by atoms with Crippen molar-refractivity contribution in [1.29, 1.82) is 0 Å². The number of nitrogens with zero attached hydrogens (tertiary/aromatic N) is 1. The van der Waals surface area contributed by atoms with Crippen molar-refractivity contribution < 1.29 is 14.3 Å². The standard InChI is InChI=1S/C23H28N2O3/c1-17(2)28-20-11-9-19(10-12-20)16-25-21(26)13-14-23(25,3)22(27)24-15-18-7-5-4-6-8-18/h4-12,17H,13-16H2,1-3H3,(H,24,27)/t23-/m0/s1. The van der Waals surface area contributed by atoms with Crippen LogP contribution in [0.15, 0.2) is 54.6 Å². The molecule has 1 saturated heterocycles. The van der Waals surface area contributed by atoms with Crippen molar-refractivity contribution in [1.82, 2.24) is 10.2 Å². The second-order valence-corrected chi connectivity index (χ2v) is 7.73. The Balaban J connectivity index is 1.68. The van der Waals surface area contributed by atoms with Gasteiger partial charge >= 0.3 is 0 Å². The molecule has 0 unspecified atom stereocenters. The monoisotopic (exact) mass is 380 g/mol. The maximum absolute atomic E-state index is 12.9. The predicted molar refractivity (Wildman–Crippen MR) is 109 cm³/mol. The average Bonchev–Trinajstić information content (AvgIpc) is 2.97. The topological polar surface area (TPSA) is 58.6 Å². The van der Waals surface area contributed by atoms with Crippen molar-refractivity contribution in [2.45, 2.75) is 58.3 Å². The summed E-state index contributed by atoms with van der Waals surface area (Å²) in [5, 5.41) is 3.00. The number of benzene rings is 2. The van der Waals surface area contributed by atoms with E-state index in [2.05, 4.69) is 5.32 Å². The number of rotatable bonds is 7. The molecular formula is C23H28N2O3. The molecule has 0 bridgehead atoms. The van der Waals surface area contributed by atoms with Crippen LogP contribution >= 0.6 is 0 Å². The highest BCUT2D eigenvalue weighted by Crippen LogP contribution is 2.32. The average molecular weight is 380 g/mol. The fourth-order valence-corrected chi connectivity index (χ4v) is 3.49. The summed E-state index contributed by atoms with van der Waals surface area (Å²) >= 11 is 0. The second kappa shape index (κ2) is 8.46. The van der Waals surface area contributed by atoms with Gasteiger partial charge in [0, 0.05) is 19.5 Å². The number of hydrogen-bond donors (Lipinski definition) is 1. The van der Waals surface area contributed by atoms with Crippen molar-refractivity contribution in [2.75, 3.05) is 0 Å². The molecule has 28 heavy (non-hydrogen) atoms. The van der Waals surface area contributed by atoms with Gasteiger partial charge in [0.25, 0.3) is 0 Å². The molecule has 2 aromatic rings. The molecule has 2 aromatic carbocycles. The lowest BCUT2D eigenvalue weighted by Crippen LogP contribution is -2.53. The molecule has 5 heteroatoms. The largest absolute Gasteiger partial charge is 0.491 e. The van der Waals surface area contributed by atoms with Gasteiger partial charge in [-0.2, -0.15) is 0 Å². The molecule has 1 fully saturated rings. The predicted octanol–water partition coefficient (Wildman–Crippen LogP) is 3.67. The molecule has 1 heterocycles. The smallest absolute Gasteiger partial charge is 0.245 e. The third-order valence-electron chi connectivity index (χ3n) is 5.14. The van der Waals surface area contributed by atoms with Crippen LogP contribution in [0, 0.1) is 0 Å². The molecule has 1 aliphatic rings. The number of hydrogen-bond acceptors (Lipinski definition) is 3. The number of nitrogens with one attached hydrogen (secondary N) is 1. The van der Waals surface area contributed by atoms with Crippen molar-refractivity contribution in [3.8, 4) is 5.75 Å². The highest BCUT2D eigenvalue weighted by molar-refractivity contribution is 5.94. The Kier molecular flexibility index (Phi) is 6.02. The van der Waals surface area contributed by atoms with Gasteiger partial charge in [0.2, 0.25) is 11.8 Å². The number of amides is 2. The Morgan fingerprint density at radius 1 is 1.11 bits per heavy atom. The van der Waals surface area contributed by atoms with Gasteiger partial charge in [-0.25, -0.2) is 0 Å². The molecule has 0 aliphatic carbocycles. The maximum atomic E-state index is 12.9. The van der Waals surface area contributed by atoms with E-state index in [-0.39, 0.29) is 17.9 Å². The molecule has 1 N–H and O–H groups in total. The van der Waals surface area contributed by atoms with Gasteiger partial charge in [-0.15, -0.1) is 0 Å². The Bertz CT molecular complexity index is 818. The summed E-state index contributed by atoms with van der Waals surface area (Å²) in [7, 11) is 0. The summed E-state index contributed by atoms with van der Waals surface area (Å²) in [6, 6.07) is 17.5. The summed E-state index contributed by atoms with van der Waals surface area (Å²) in [4.78, 5) is 27.1. The first-order chi connectivity index (χ1) is 13.4. The number of likely N-dealkylation sites (tertiary alicyclic amines) is 1. The van der Waals surface area contributed by atoms with Gasteiger partial charge in [0.15, 0.2) is 0 Å². The summed E-state index contributed by atoms with van der Waals surface area (Å²) in [5.41, 5.74) is 1.18. The zero-order chi connectivity index (χ0) is 20.1. The molecule has 3 rings (SSSR count). The van der Waals surface area contributed by atoms with Crippen LogP contribution in [0.2, 0.25) is 0 Å². The van der Waals surface area contributed by atoms with Crippen molar-refractivity contribution in [3.05, 3.63) is 65.7 Å². The van der Waals surface area contributed by atoms with Crippen LogP contribution in [0.5, 0.6) is 5.75 Å². The highest BCUT2D eigenvalue weighted by atomic mass is 16.5. The van der Waals surface area contributed by atoms with E-state index in [0.717, 1.165) is 16.9 Å². The van der Waals surface area contributed by atoms with E-state index in [1.165, 1.54) is 0 Å². The molecule has 1 atom stereocenters. The van der Waals surface area contributed by atoms with Crippen LogP contribution in [0.1, 0.15) is 44.7 Å². The highest BCUT2D eigenvalue weighted by Gasteiger charge is 2.47. The zero-order valence-corrected chi connectivity index (χ0v) is 16.8. The first-order valence-electron chi connectivity index (χ1n) is 9.77. The molecule has 5 nitrogen and oxygen atoms in total. The molecule has 148 valence electrons. The lowest BCUT2D eigenvalue weighted by Gasteiger charge is -2.34. The number of ether oxygens (including phenoxy) is 1. The van der Waals surface area contributed by atoms with Crippen molar-refractivity contribution in [3.63, 3.8) is 0 Å². The zero-order valence-electron chi connectivity index (χ0n) is 16.8. The lowest BCUT2D eigenvalue weighted by molar-refractivity contribution is -0.141. The van der Waals surface area contributed by atoms with Gasteiger partial charge in [-0.3, -0.25) is 9.59 Å². The summed E-state index contributed by atoms with van der Waals surface area (Å²) in [6.45, 7) is 6.69. The quantitative estimate of drug-likeness (QED) is 0.797. The van der Waals surface area contributed by atoms with Gasteiger partial charge in [-0.1, -0.05) is 42.5 Å². The SMILES string of the molecule is CC(C)Oc1ccc(CN2C(=O)CC[C@@]2(C)C(=O)NCc2ccccc2)cc1. The normalized spacial score (nSPS) is 19.1. The first-order valence-corrected chi connectivity index (χ1v) is 9.77. The van der Waals surface area contributed by atoms with Crippen LogP contribution in [0.4, 0.5) is 0 Å². The molecule has 2 amide bonds. The Morgan fingerprint density at radius 3 is 2.43 bits per heavy atom. The first kappa shape index (κ1) is 19.9. The minimum atomic E-state index is -0.834. The van der Waals surface area contributed by atoms with Crippen LogP contribution in [0.3, 0.4) is 0 Å². The maximum Gasteiger partial charge on any atom is 0.245 e. The van der Waals surface area contributed by atoms with E-state index in [1.54, 1.807) is 4.90 Å². The van der Waals surface area contributed by atoms with Gasteiger partial charge in [0.05, 0.1) is 6.10 Å². The molecule has 0 spiro atoms. The molecule has 1 aliphatic heterocycles. The summed E-state index contributed by atoms with van der Waals surface area (Å²) < 4.78 is 5.67. The van der Waals surface area contributed by atoms with Gasteiger partial charge < -0.3 is 15.0 Å². The van der Waals surface area contributed by atoms with Crippen LogP contribution in [0.25, 0.3) is 0 Å². The minimum Gasteiger partial charge on any atom is -0.491 e. The van der Waals surface area contributed by atoms with E-state index in [0.29, 0.717) is 25.9 Å². The van der Waals surface area contributed by atoms with Crippen LogP contribution in [-0.4, -0.2) is 28.4 Å². The van der Waals surface area contributed by atoms with Crippen LogP contribution < -0.4 is 10.1 Å². The van der Waals surface area contributed by atoms with Gasteiger partial charge in [0.1, 0.15) is 11.3 Å². The Hall–Kier alpha value is -2.82. The van der Waals surface area contributed by atoms with E-state index in [1.807, 2.05) is 75.4 Å². The van der Waals surface area contributed by atoms with E-state index in [4.69, 9.17) is 4.74 Å². The third-order valence-corrected chi connectivity index (χ3v) is 5.14. The van der Waals surface area contributed by atoms with Gasteiger partial charge in [-0.05, 0) is 50.5 Å². The Labute approximate surface area is 166 Å². The fraction of sp³-hybridized carbons (Fsp3) is 0.391. The van der Waals surface area contributed by atoms with Crippen molar-refractivity contribution in [2.24, 2.45) is 0 Å².